The largest absolute Gasteiger partial charge is 0.435 e. The van der Waals surface area contributed by atoms with E-state index in [9.17, 15) is 27.2 Å². The lowest BCUT2D eigenvalue weighted by Crippen LogP contribution is -2.24. The van der Waals surface area contributed by atoms with E-state index >= 15 is 0 Å². The van der Waals surface area contributed by atoms with E-state index in [2.05, 4.69) is 20.1 Å². The molecule has 0 unspecified atom stereocenters. The molecule has 0 saturated carbocycles. The molecule has 0 aliphatic rings. The van der Waals surface area contributed by atoms with Crippen LogP contribution >= 0.6 is 0 Å². The summed E-state index contributed by atoms with van der Waals surface area (Å²) in [4.78, 5) is 24.0. The zero-order valence-electron chi connectivity index (χ0n) is 17.6. The molecular formula is C23H24F4N2O4. The van der Waals surface area contributed by atoms with Crippen molar-refractivity contribution in [2.75, 3.05) is 13.1 Å². The quantitative estimate of drug-likeness (QED) is 0.252. The van der Waals surface area contributed by atoms with E-state index in [1.807, 2.05) is 12.2 Å². The Morgan fingerprint density at radius 2 is 1.12 bits per heavy atom. The predicted molar refractivity (Wildman–Crippen MR) is 114 cm³/mol. The van der Waals surface area contributed by atoms with Gasteiger partial charge in [0.2, 0.25) is 0 Å². The van der Waals surface area contributed by atoms with E-state index in [1.165, 1.54) is 48.5 Å². The van der Waals surface area contributed by atoms with Gasteiger partial charge in [-0.3, -0.25) is 9.59 Å². The van der Waals surface area contributed by atoms with Crippen LogP contribution in [0.15, 0.2) is 60.7 Å². The van der Waals surface area contributed by atoms with E-state index in [-0.39, 0.29) is 23.3 Å². The van der Waals surface area contributed by atoms with E-state index in [0.29, 0.717) is 37.1 Å². The van der Waals surface area contributed by atoms with Gasteiger partial charge in [-0.25, -0.2) is 0 Å². The van der Waals surface area contributed by atoms with Crippen molar-refractivity contribution < 1.29 is 36.6 Å². The van der Waals surface area contributed by atoms with E-state index in [4.69, 9.17) is 0 Å². The molecule has 0 aliphatic carbocycles. The molecule has 0 aliphatic heterocycles. The van der Waals surface area contributed by atoms with Gasteiger partial charge in [-0.1, -0.05) is 12.2 Å². The summed E-state index contributed by atoms with van der Waals surface area (Å²) in [6.07, 6.45) is 5.88. The van der Waals surface area contributed by atoms with Crippen molar-refractivity contribution >= 4 is 11.8 Å². The molecule has 0 aromatic heterocycles. The van der Waals surface area contributed by atoms with Crippen LogP contribution in [0.2, 0.25) is 0 Å². The molecule has 10 heteroatoms. The van der Waals surface area contributed by atoms with Crippen molar-refractivity contribution in [3.63, 3.8) is 0 Å². The Kier molecular flexibility index (Phi) is 10.7. The minimum absolute atomic E-state index is 0.0137. The summed E-state index contributed by atoms with van der Waals surface area (Å²) in [6, 6.07) is 10.8. The molecule has 0 bridgehead atoms. The Morgan fingerprint density at radius 1 is 0.697 bits per heavy atom. The second-order valence-electron chi connectivity index (χ2n) is 6.72. The molecule has 33 heavy (non-hydrogen) atoms. The summed E-state index contributed by atoms with van der Waals surface area (Å²) in [5, 5.41) is 5.46. The van der Waals surface area contributed by atoms with E-state index < -0.39 is 13.2 Å². The Morgan fingerprint density at radius 3 is 1.58 bits per heavy atom. The van der Waals surface area contributed by atoms with Crippen LogP contribution in [-0.2, 0) is 0 Å². The van der Waals surface area contributed by atoms with Gasteiger partial charge in [-0.05, 0) is 67.8 Å². The number of benzene rings is 2. The van der Waals surface area contributed by atoms with Gasteiger partial charge in [0.15, 0.2) is 0 Å². The second-order valence-corrected chi connectivity index (χ2v) is 6.72. The second kappa shape index (κ2) is 13.8. The number of halogens is 4. The fourth-order valence-electron chi connectivity index (χ4n) is 2.71. The van der Waals surface area contributed by atoms with Crippen LogP contribution in [0.3, 0.4) is 0 Å². The average Bonchev–Trinajstić information content (AvgIpc) is 2.78. The normalized spacial score (nSPS) is 11.1. The number of amides is 2. The number of unbranched alkanes of at least 4 members (excludes halogenated alkanes) is 1. The van der Waals surface area contributed by atoms with Crippen molar-refractivity contribution in [3.05, 3.63) is 71.8 Å². The number of rotatable bonds is 13. The summed E-state index contributed by atoms with van der Waals surface area (Å²) in [5.41, 5.74) is 0.687. The Labute approximate surface area is 188 Å². The number of alkyl halides is 4. The zero-order chi connectivity index (χ0) is 24.1. The molecule has 0 atom stereocenters. The summed E-state index contributed by atoms with van der Waals surface area (Å²) in [5.74, 6) is -0.652. The Hall–Kier alpha value is -3.56. The number of nitrogens with one attached hydrogen (secondary N) is 2. The number of carbonyl (C=O) groups is 2. The van der Waals surface area contributed by atoms with Crippen LogP contribution in [0.4, 0.5) is 17.6 Å². The van der Waals surface area contributed by atoms with Crippen LogP contribution in [0.25, 0.3) is 0 Å². The first-order valence-corrected chi connectivity index (χ1v) is 10.2. The first kappa shape index (κ1) is 25.7. The van der Waals surface area contributed by atoms with Crippen molar-refractivity contribution in [1.29, 1.82) is 0 Å². The summed E-state index contributed by atoms with van der Waals surface area (Å²) in [6.45, 7) is -4.97. The van der Waals surface area contributed by atoms with Crippen LogP contribution < -0.4 is 20.1 Å². The van der Waals surface area contributed by atoms with Gasteiger partial charge in [-0.2, -0.15) is 17.6 Å². The van der Waals surface area contributed by atoms with Crippen LogP contribution in [0.1, 0.15) is 40.0 Å². The highest BCUT2D eigenvalue weighted by Gasteiger charge is 2.08. The lowest BCUT2D eigenvalue weighted by molar-refractivity contribution is -0.0505. The standard InChI is InChI=1S/C23H24F4N2O4/c24-22(25)32-18-10-6-16(7-11-18)20(30)28-14-4-2-1-3-5-15-29-21(31)17-8-12-19(13-9-17)33-23(26)27/h1-2,6-13,22-23H,3-5,14-15H2,(H,28,30)(H,29,31). The van der Waals surface area contributed by atoms with Gasteiger partial charge in [0.25, 0.3) is 11.8 Å². The molecule has 2 N–H and O–H groups in total. The molecular weight excluding hydrogens is 444 g/mol. The van der Waals surface area contributed by atoms with Crippen LogP contribution in [0, 0.1) is 0 Å². The SMILES string of the molecule is O=C(NCCC=CCCCNC(=O)c1ccc(OC(F)F)cc1)c1ccc(OC(F)F)cc1. The smallest absolute Gasteiger partial charge is 0.387 e. The summed E-state index contributed by atoms with van der Waals surface area (Å²) < 4.78 is 56.9. The highest BCUT2D eigenvalue weighted by atomic mass is 19.3. The number of ether oxygens (including phenoxy) is 2. The molecule has 2 aromatic carbocycles. The van der Waals surface area contributed by atoms with Gasteiger partial charge in [0.1, 0.15) is 11.5 Å². The molecule has 178 valence electrons. The van der Waals surface area contributed by atoms with Crippen molar-refractivity contribution in [1.82, 2.24) is 10.6 Å². The van der Waals surface area contributed by atoms with Crippen LogP contribution in [0.5, 0.6) is 11.5 Å². The van der Waals surface area contributed by atoms with Gasteiger partial charge >= 0.3 is 13.2 Å². The molecule has 0 spiro atoms. The first-order valence-electron chi connectivity index (χ1n) is 10.2. The summed E-state index contributed by atoms with van der Waals surface area (Å²) in [7, 11) is 0. The fourth-order valence-corrected chi connectivity index (χ4v) is 2.71. The molecule has 2 rings (SSSR count). The van der Waals surface area contributed by atoms with Crippen molar-refractivity contribution in [2.45, 2.75) is 32.5 Å². The third-order valence-corrected chi connectivity index (χ3v) is 4.28. The molecule has 2 amide bonds. The lowest BCUT2D eigenvalue weighted by atomic mass is 10.2. The zero-order valence-corrected chi connectivity index (χ0v) is 17.6. The predicted octanol–water partition coefficient (Wildman–Crippen LogP) is 4.78. The lowest BCUT2D eigenvalue weighted by Gasteiger charge is -2.07. The molecule has 2 aromatic rings. The average molecular weight is 468 g/mol. The van der Waals surface area contributed by atoms with E-state index in [0.717, 1.165) is 6.42 Å². The molecule has 0 fully saturated rings. The number of hydrogen-bond acceptors (Lipinski definition) is 4. The third-order valence-electron chi connectivity index (χ3n) is 4.28. The Bertz CT molecular complexity index is 904. The summed E-state index contributed by atoms with van der Waals surface area (Å²) >= 11 is 0. The number of carbonyl (C=O) groups excluding carboxylic acids is 2. The van der Waals surface area contributed by atoms with Gasteiger partial charge in [0.05, 0.1) is 0 Å². The first-order chi connectivity index (χ1) is 15.8. The van der Waals surface area contributed by atoms with Gasteiger partial charge in [-0.15, -0.1) is 0 Å². The van der Waals surface area contributed by atoms with E-state index in [1.54, 1.807) is 0 Å². The maximum Gasteiger partial charge on any atom is 0.387 e. The maximum absolute atomic E-state index is 12.1. The molecule has 0 saturated heterocycles. The van der Waals surface area contributed by atoms with Crippen molar-refractivity contribution in [2.24, 2.45) is 0 Å². The highest BCUT2D eigenvalue weighted by Crippen LogP contribution is 2.15. The highest BCUT2D eigenvalue weighted by molar-refractivity contribution is 5.94. The molecule has 6 nitrogen and oxygen atoms in total. The minimum atomic E-state index is -2.91. The monoisotopic (exact) mass is 468 g/mol. The Balaban J connectivity index is 1.56. The fraction of sp³-hybridized carbons (Fsp3) is 0.304. The minimum Gasteiger partial charge on any atom is -0.435 e. The number of allylic oxidation sites excluding steroid dienone is 1. The van der Waals surface area contributed by atoms with Crippen molar-refractivity contribution in [3.8, 4) is 11.5 Å². The van der Waals surface area contributed by atoms with Gasteiger partial charge < -0.3 is 20.1 Å². The third kappa shape index (κ3) is 10.1. The van der Waals surface area contributed by atoms with Gasteiger partial charge in [0, 0.05) is 24.2 Å². The van der Waals surface area contributed by atoms with Crippen LogP contribution in [-0.4, -0.2) is 38.1 Å². The topological polar surface area (TPSA) is 76.7 Å². The number of hydrogen-bond donors (Lipinski definition) is 2. The molecule has 0 radical (unpaired) electrons. The molecule has 0 heterocycles. The maximum atomic E-state index is 12.1.